The predicted octanol–water partition coefficient (Wildman–Crippen LogP) is 5.37. The second kappa shape index (κ2) is 8.19. The first-order valence-electron chi connectivity index (χ1n) is 9.38. The Labute approximate surface area is 142 Å². The SMILES string of the molecule is CCCOc1cccc(C(CN)C2CCC(C(C)(C)C)CC2)c1. The average Bonchev–Trinajstić information content (AvgIpc) is 2.54. The van der Waals surface area contributed by atoms with E-state index in [1.807, 2.05) is 0 Å². The van der Waals surface area contributed by atoms with Crippen molar-refractivity contribution in [2.45, 2.75) is 65.7 Å². The first-order valence-corrected chi connectivity index (χ1v) is 9.38. The molecule has 130 valence electrons. The van der Waals surface area contributed by atoms with Gasteiger partial charge < -0.3 is 10.5 Å². The summed E-state index contributed by atoms with van der Waals surface area (Å²) in [5.41, 5.74) is 7.97. The Kier molecular flexibility index (Phi) is 6.52. The van der Waals surface area contributed by atoms with Gasteiger partial charge in [-0.2, -0.15) is 0 Å². The lowest BCUT2D eigenvalue weighted by molar-refractivity contribution is 0.140. The fourth-order valence-electron chi connectivity index (χ4n) is 4.04. The van der Waals surface area contributed by atoms with Gasteiger partial charge in [-0.05, 0) is 79.5 Å². The molecule has 1 aliphatic carbocycles. The average molecular weight is 318 g/mol. The van der Waals surface area contributed by atoms with Gasteiger partial charge in [0.1, 0.15) is 5.75 Å². The van der Waals surface area contributed by atoms with Crippen molar-refractivity contribution < 1.29 is 4.74 Å². The maximum Gasteiger partial charge on any atom is 0.119 e. The molecule has 0 heterocycles. The lowest BCUT2D eigenvalue weighted by Crippen LogP contribution is -2.30. The molecule has 0 aromatic heterocycles. The predicted molar refractivity (Wildman–Crippen MR) is 98.9 cm³/mol. The second-order valence-corrected chi connectivity index (χ2v) is 8.24. The van der Waals surface area contributed by atoms with Crippen LogP contribution in [0.15, 0.2) is 24.3 Å². The van der Waals surface area contributed by atoms with E-state index in [4.69, 9.17) is 10.5 Å². The van der Waals surface area contributed by atoms with E-state index in [9.17, 15) is 0 Å². The van der Waals surface area contributed by atoms with Crippen LogP contribution >= 0.6 is 0 Å². The molecule has 1 atom stereocenters. The molecule has 2 nitrogen and oxygen atoms in total. The fourth-order valence-corrected chi connectivity index (χ4v) is 4.04. The van der Waals surface area contributed by atoms with Crippen molar-refractivity contribution in [3.05, 3.63) is 29.8 Å². The summed E-state index contributed by atoms with van der Waals surface area (Å²) in [5.74, 6) is 3.05. The van der Waals surface area contributed by atoms with Crippen molar-refractivity contribution in [3.8, 4) is 5.75 Å². The van der Waals surface area contributed by atoms with Crippen LogP contribution in [-0.4, -0.2) is 13.2 Å². The van der Waals surface area contributed by atoms with Gasteiger partial charge in [-0.1, -0.05) is 39.8 Å². The zero-order valence-electron chi connectivity index (χ0n) is 15.5. The Bertz CT molecular complexity index is 469. The molecule has 1 aromatic carbocycles. The smallest absolute Gasteiger partial charge is 0.119 e. The van der Waals surface area contributed by atoms with E-state index in [0.717, 1.165) is 37.2 Å². The standard InChI is InChI=1S/C21H35NO/c1-5-13-23-19-8-6-7-17(14-19)20(15-22)16-9-11-18(12-10-16)21(2,3)4/h6-8,14,16,18,20H,5,9-13,15,22H2,1-4H3. The minimum absolute atomic E-state index is 0.442. The third kappa shape index (κ3) is 4.97. The highest BCUT2D eigenvalue weighted by atomic mass is 16.5. The Morgan fingerprint density at radius 1 is 1.17 bits per heavy atom. The monoisotopic (exact) mass is 317 g/mol. The van der Waals surface area contributed by atoms with Gasteiger partial charge in [0.15, 0.2) is 0 Å². The minimum Gasteiger partial charge on any atom is -0.494 e. The summed E-state index contributed by atoms with van der Waals surface area (Å²) >= 11 is 0. The van der Waals surface area contributed by atoms with E-state index >= 15 is 0 Å². The second-order valence-electron chi connectivity index (χ2n) is 8.24. The zero-order chi connectivity index (χ0) is 16.9. The summed E-state index contributed by atoms with van der Waals surface area (Å²) in [4.78, 5) is 0. The first kappa shape index (κ1) is 18.3. The molecular formula is C21H35NO. The molecule has 0 amide bonds. The Hall–Kier alpha value is -1.02. The summed E-state index contributed by atoms with van der Waals surface area (Å²) in [6.07, 6.45) is 6.35. The fraction of sp³-hybridized carbons (Fsp3) is 0.714. The molecule has 1 saturated carbocycles. The normalized spacial score (nSPS) is 23.5. The molecule has 0 radical (unpaired) electrons. The van der Waals surface area contributed by atoms with Crippen molar-refractivity contribution in [2.75, 3.05) is 13.2 Å². The first-order chi connectivity index (χ1) is 11.0. The number of benzene rings is 1. The molecule has 23 heavy (non-hydrogen) atoms. The van der Waals surface area contributed by atoms with Gasteiger partial charge in [0.05, 0.1) is 6.61 Å². The molecule has 2 N–H and O–H groups in total. The van der Waals surface area contributed by atoms with E-state index in [0.29, 0.717) is 11.3 Å². The highest BCUT2D eigenvalue weighted by Gasteiger charge is 2.33. The van der Waals surface area contributed by atoms with E-state index in [-0.39, 0.29) is 0 Å². The number of hydrogen-bond acceptors (Lipinski definition) is 2. The minimum atomic E-state index is 0.442. The van der Waals surface area contributed by atoms with Crippen LogP contribution in [0.2, 0.25) is 0 Å². The van der Waals surface area contributed by atoms with Gasteiger partial charge in [0.25, 0.3) is 0 Å². The summed E-state index contributed by atoms with van der Waals surface area (Å²) < 4.78 is 5.80. The van der Waals surface area contributed by atoms with Crippen molar-refractivity contribution in [2.24, 2.45) is 23.0 Å². The maximum atomic E-state index is 6.17. The van der Waals surface area contributed by atoms with Crippen LogP contribution < -0.4 is 10.5 Å². The maximum absolute atomic E-state index is 6.17. The number of ether oxygens (including phenoxy) is 1. The van der Waals surface area contributed by atoms with Crippen molar-refractivity contribution in [1.82, 2.24) is 0 Å². The third-order valence-corrected chi connectivity index (χ3v) is 5.58. The molecule has 0 bridgehead atoms. The van der Waals surface area contributed by atoms with Crippen molar-refractivity contribution >= 4 is 0 Å². The number of hydrogen-bond donors (Lipinski definition) is 1. The molecule has 1 aromatic rings. The Balaban J connectivity index is 2.03. The molecule has 0 spiro atoms. The molecule has 1 unspecified atom stereocenters. The Morgan fingerprint density at radius 3 is 2.43 bits per heavy atom. The quantitative estimate of drug-likeness (QED) is 0.765. The largest absolute Gasteiger partial charge is 0.494 e. The molecule has 0 aliphatic heterocycles. The van der Waals surface area contributed by atoms with Gasteiger partial charge in [-0.25, -0.2) is 0 Å². The third-order valence-electron chi connectivity index (χ3n) is 5.58. The lowest BCUT2D eigenvalue weighted by atomic mass is 9.66. The van der Waals surface area contributed by atoms with Gasteiger partial charge in [0.2, 0.25) is 0 Å². The summed E-state index contributed by atoms with van der Waals surface area (Å²) in [5, 5.41) is 0. The van der Waals surface area contributed by atoms with Crippen molar-refractivity contribution in [1.29, 1.82) is 0 Å². The van der Waals surface area contributed by atoms with Gasteiger partial charge in [-0.15, -0.1) is 0 Å². The zero-order valence-corrected chi connectivity index (χ0v) is 15.5. The van der Waals surface area contributed by atoms with Gasteiger partial charge in [0, 0.05) is 0 Å². The molecular weight excluding hydrogens is 282 g/mol. The van der Waals surface area contributed by atoms with Crippen LogP contribution in [0.5, 0.6) is 5.75 Å². The molecule has 2 rings (SSSR count). The highest BCUT2D eigenvalue weighted by Crippen LogP contribution is 2.44. The molecule has 1 fully saturated rings. The summed E-state index contributed by atoms with van der Waals surface area (Å²) in [6.45, 7) is 10.8. The Morgan fingerprint density at radius 2 is 1.87 bits per heavy atom. The highest BCUT2D eigenvalue weighted by molar-refractivity contribution is 5.31. The van der Waals surface area contributed by atoms with Crippen LogP contribution in [0.3, 0.4) is 0 Å². The van der Waals surface area contributed by atoms with E-state index in [2.05, 4.69) is 52.0 Å². The summed E-state index contributed by atoms with van der Waals surface area (Å²) in [7, 11) is 0. The lowest BCUT2D eigenvalue weighted by Gasteiger charge is -2.39. The van der Waals surface area contributed by atoms with Gasteiger partial charge >= 0.3 is 0 Å². The van der Waals surface area contributed by atoms with Crippen LogP contribution in [0.1, 0.15) is 71.3 Å². The van der Waals surface area contributed by atoms with Crippen LogP contribution in [-0.2, 0) is 0 Å². The summed E-state index contributed by atoms with van der Waals surface area (Å²) in [6, 6.07) is 8.61. The van der Waals surface area contributed by atoms with Crippen molar-refractivity contribution in [3.63, 3.8) is 0 Å². The van der Waals surface area contributed by atoms with Crippen LogP contribution in [0.25, 0.3) is 0 Å². The number of rotatable bonds is 6. The molecule has 0 saturated heterocycles. The van der Waals surface area contributed by atoms with Crippen LogP contribution in [0.4, 0.5) is 0 Å². The topological polar surface area (TPSA) is 35.2 Å². The number of nitrogens with two attached hydrogens (primary N) is 1. The van der Waals surface area contributed by atoms with E-state index < -0.39 is 0 Å². The van der Waals surface area contributed by atoms with Crippen LogP contribution in [0, 0.1) is 17.3 Å². The van der Waals surface area contributed by atoms with E-state index in [1.165, 1.54) is 31.2 Å². The van der Waals surface area contributed by atoms with Gasteiger partial charge in [-0.3, -0.25) is 0 Å². The van der Waals surface area contributed by atoms with E-state index in [1.54, 1.807) is 0 Å². The molecule has 2 heteroatoms. The molecule has 1 aliphatic rings.